The molecule has 0 aromatic carbocycles. The van der Waals surface area contributed by atoms with Gasteiger partial charge in [0.25, 0.3) is 0 Å². The van der Waals surface area contributed by atoms with E-state index >= 15 is 0 Å². The Morgan fingerprint density at radius 2 is 2.13 bits per heavy atom. The van der Waals surface area contributed by atoms with Crippen LogP contribution in [0.5, 0.6) is 0 Å². The summed E-state index contributed by atoms with van der Waals surface area (Å²) in [6, 6.07) is 0. The van der Waals surface area contributed by atoms with Crippen molar-refractivity contribution in [1.29, 1.82) is 0 Å². The van der Waals surface area contributed by atoms with E-state index in [9.17, 15) is 9.35 Å². The number of rotatable bonds is 5. The van der Waals surface area contributed by atoms with Crippen LogP contribution in [0.25, 0.3) is 0 Å². The van der Waals surface area contributed by atoms with Crippen molar-refractivity contribution in [3.8, 4) is 0 Å². The van der Waals surface area contributed by atoms with Gasteiger partial charge in [0.2, 0.25) is 5.88 Å². The molecule has 1 aliphatic heterocycles. The molecule has 0 bridgehead atoms. The highest BCUT2D eigenvalue weighted by Crippen LogP contribution is 2.57. The first kappa shape index (κ1) is 21.2. The number of amides is 1. The van der Waals surface area contributed by atoms with Crippen molar-refractivity contribution < 1.29 is 23.2 Å². The van der Waals surface area contributed by atoms with Crippen molar-refractivity contribution in [2.75, 3.05) is 32.4 Å². The number of thioether (sulfide) groups is 1. The Balaban J connectivity index is 2.46. The molecule has 12 heteroatoms. The van der Waals surface area contributed by atoms with Crippen LogP contribution in [0, 0.1) is 5.41 Å². The zero-order chi connectivity index (χ0) is 17.7. The predicted octanol–water partition coefficient (Wildman–Crippen LogP) is 2.26. The smallest absolute Gasteiger partial charge is 0.437 e. The Hall–Kier alpha value is 0.130. The molecular formula is C11H22N3O5PS3. The van der Waals surface area contributed by atoms with Crippen LogP contribution in [-0.2, 0) is 37.1 Å². The highest BCUT2D eigenvalue weighted by atomic mass is 32.5. The van der Waals surface area contributed by atoms with E-state index in [0.717, 1.165) is 0 Å². The second-order valence-electron chi connectivity index (χ2n) is 5.48. The highest BCUT2D eigenvalue weighted by molar-refractivity contribution is 8.13. The lowest BCUT2D eigenvalue weighted by atomic mass is 9.97. The van der Waals surface area contributed by atoms with Crippen LogP contribution in [0.4, 0.5) is 4.79 Å². The third kappa shape index (κ3) is 6.87. The second-order valence-corrected chi connectivity index (χ2v) is 11.7. The van der Waals surface area contributed by atoms with Gasteiger partial charge in [-0.3, -0.25) is 10.2 Å². The Labute approximate surface area is 149 Å². The van der Waals surface area contributed by atoms with Crippen molar-refractivity contribution in [2.24, 2.45) is 10.6 Å². The normalized spacial score (nSPS) is 21.8. The molecule has 23 heavy (non-hydrogen) atoms. The quantitative estimate of drug-likeness (QED) is 0.187. The monoisotopic (exact) mass is 403 g/mol. The molecule has 0 radical (unpaired) electrons. The first-order chi connectivity index (χ1) is 10.6. The zero-order valence-electron chi connectivity index (χ0n) is 13.7. The summed E-state index contributed by atoms with van der Waals surface area (Å²) in [5, 5.41) is 6.53. The SMILES string of the molecule is CSC(C)=NOC(=O)NC[S+]([O-])N(C)P1(=S)OCC(C)(C)CO1. The largest absolute Gasteiger partial charge is 0.596 e. The van der Waals surface area contributed by atoms with E-state index in [1.807, 2.05) is 20.1 Å². The average molecular weight is 403 g/mol. The van der Waals surface area contributed by atoms with Crippen molar-refractivity contribution in [2.45, 2.75) is 20.8 Å². The van der Waals surface area contributed by atoms with Gasteiger partial charge in [0.05, 0.1) is 24.6 Å². The summed E-state index contributed by atoms with van der Waals surface area (Å²) in [5.41, 5.74) is -0.125. The van der Waals surface area contributed by atoms with Gasteiger partial charge in [-0.2, -0.15) is 0 Å². The van der Waals surface area contributed by atoms with Crippen LogP contribution >= 0.6 is 18.4 Å². The fourth-order valence-corrected chi connectivity index (χ4v) is 5.55. The van der Waals surface area contributed by atoms with Crippen LogP contribution < -0.4 is 5.32 Å². The molecule has 1 N–H and O–H groups in total. The van der Waals surface area contributed by atoms with Gasteiger partial charge in [-0.15, -0.1) is 11.8 Å². The van der Waals surface area contributed by atoms with Crippen molar-refractivity contribution in [3.63, 3.8) is 0 Å². The van der Waals surface area contributed by atoms with E-state index in [-0.39, 0.29) is 11.3 Å². The van der Waals surface area contributed by atoms with Crippen LogP contribution in [0.15, 0.2) is 5.16 Å². The fourth-order valence-electron chi connectivity index (χ4n) is 1.26. The first-order valence-corrected chi connectivity index (χ1v) is 11.7. The molecule has 0 saturated carbocycles. The van der Waals surface area contributed by atoms with Gasteiger partial charge in [0.1, 0.15) is 5.04 Å². The van der Waals surface area contributed by atoms with Gasteiger partial charge in [-0.1, -0.05) is 19.0 Å². The van der Waals surface area contributed by atoms with Gasteiger partial charge in [0, 0.05) is 12.5 Å². The lowest BCUT2D eigenvalue weighted by Gasteiger charge is -2.39. The van der Waals surface area contributed by atoms with Gasteiger partial charge < -0.3 is 13.6 Å². The maximum Gasteiger partial charge on any atom is 0.437 e. The molecule has 1 aliphatic rings. The number of nitrogens with zero attached hydrogens (tertiary/aromatic N) is 2. The zero-order valence-corrected chi connectivity index (χ0v) is 17.1. The van der Waals surface area contributed by atoms with Gasteiger partial charge >= 0.3 is 12.7 Å². The van der Waals surface area contributed by atoms with Crippen LogP contribution in [0.2, 0.25) is 0 Å². The van der Waals surface area contributed by atoms with Gasteiger partial charge in [-0.05, 0) is 29.1 Å². The van der Waals surface area contributed by atoms with Crippen molar-refractivity contribution in [1.82, 2.24) is 9.39 Å². The maximum absolute atomic E-state index is 12.2. The minimum atomic E-state index is -2.79. The van der Waals surface area contributed by atoms with Crippen LogP contribution in [-0.4, -0.2) is 52.2 Å². The number of carbonyl (C=O) groups excluding carboxylic acids is 1. The molecule has 1 saturated heterocycles. The molecule has 8 nitrogen and oxygen atoms in total. The van der Waals surface area contributed by atoms with Crippen molar-refractivity contribution in [3.05, 3.63) is 0 Å². The molecule has 1 rings (SSSR count). The third-order valence-corrected chi connectivity index (χ3v) is 8.88. The second kappa shape index (κ2) is 9.00. The molecule has 1 unspecified atom stereocenters. The Morgan fingerprint density at radius 1 is 1.57 bits per heavy atom. The molecule has 0 spiro atoms. The summed E-state index contributed by atoms with van der Waals surface area (Å²) in [7, 11) is 1.55. The van der Waals surface area contributed by atoms with Gasteiger partial charge in [-0.25, -0.2) is 4.79 Å². The van der Waals surface area contributed by atoms with E-state index in [1.165, 1.54) is 15.8 Å². The summed E-state index contributed by atoms with van der Waals surface area (Å²) in [6.07, 6.45) is 1.02. The van der Waals surface area contributed by atoms with Crippen LogP contribution in [0.1, 0.15) is 20.8 Å². The fraction of sp³-hybridized carbons (Fsp3) is 0.818. The molecule has 1 atom stereocenters. The third-order valence-electron chi connectivity index (χ3n) is 2.77. The number of hydrogen-bond donors (Lipinski definition) is 1. The molecule has 1 fully saturated rings. The summed E-state index contributed by atoms with van der Waals surface area (Å²) >= 11 is 5.12. The molecule has 1 amide bonds. The molecule has 0 aliphatic carbocycles. The van der Waals surface area contributed by atoms with Gasteiger partial charge in [0.15, 0.2) is 0 Å². The molecule has 1 heterocycles. The number of nitrogens with one attached hydrogen (secondary N) is 1. The highest BCUT2D eigenvalue weighted by Gasteiger charge is 2.41. The minimum absolute atomic E-state index is 0.125. The predicted molar refractivity (Wildman–Crippen MR) is 97.0 cm³/mol. The lowest BCUT2D eigenvalue weighted by molar-refractivity contribution is 0.0513. The minimum Gasteiger partial charge on any atom is -0.596 e. The standard InChI is InChI=1S/C11H22N3O5PS3/c1-9(22-5)13-19-10(15)12-8-23(16)14(4)20(21)17-6-11(2,3)7-18-20/h6-8H2,1-5H3,(H,12,15). The lowest BCUT2D eigenvalue weighted by Crippen LogP contribution is -2.40. The Kier molecular flexibility index (Phi) is 8.29. The summed E-state index contributed by atoms with van der Waals surface area (Å²) in [6.45, 7) is 3.77. The molecular weight excluding hydrogens is 381 g/mol. The molecule has 0 aromatic rings. The summed E-state index contributed by atoms with van der Waals surface area (Å²) in [4.78, 5) is 16.1. The number of hydrogen-bond acceptors (Lipinski definition) is 8. The van der Waals surface area contributed by atoms with E-state index in [0.29, 0.717) is 18.3 Å². The van der Waals surface area contributed by atoms with E-state index in [2.05, 4.69) is 15.3 Å². The maximum atomic E-state index is 12.2. The molecule has 0 aromatic heterocycles. The first-order valence-electron chi connectivity index (χ1n) is 6.65. The Bertz CT molecular complexity index is 491. The van der Waals surface area contributed by atoms with E-state index in [1.54, 1.807) is 14.0 Å². The van der Waals surface area contributed by atoms with E-state index in [4.69, 9.17) is 20.9 Å². The number of oxime groups is 1. The Morgan fingerprint density at radius 3 is 2.65 bits per heavy atom. The summed E-state index contributed by atoms with van der Waals surface area (Å²) in [5.74, 6) is -0.169. The average Bonchev–Trinajstić information content (AvgIpc) is 2.52. The summed E-state index contributed by atoms with van der Waals surface area (Å²) < 4.78 is 24.9. The van der Waals surface area contributed by atoms with Crippen LogP contribution in [0.3, 0.4) is 0 Å². The van der Waals surface area contributed by atoms with Crippen molar-refractivity contribution >= 4 is 52.7 Å². The molecule has 134 valence electrons. The van der Waals surface area contributed by atoms with E-state index < -0.39 is 24.1 Å². The topological polar surface area (TPSA) is 95.5 Å². The number of carbonyl (C=O) groups is 1.